The number of halogens is 1. The van der Waals surface area contributed by atoms with Crippen LogP contribution >= 0.6 is 0 Å². The molecule has 0 saturated heterocycles. The van der Waals surface area contributed by atoms with Gasteiger partial charge in [0, 0.05) is 25.5 Å². The summed E-state index contributed by atoms with van der Waals surface area (Å²) >= 11 is 0. The molecule has 15 heavy (non-hydrogen) atoms. The fraction of sp³-hybridized carbons (Fsp3) is 0.143. The van der Waals surface area contributed by atoms with Gasteiger partial charge in [-0.25, -0.2) is 0 Å². The maximum Gasteiger partial charge on any atom is 0.433 e. The van der Waals surface area contributed by atoms with E-state index >= 15 is 0 Å². The molecule has 0 saturated carbocycles. The summed E-state index contributed by atoms with van der Waals surface area (Å²) in [6, 6.07) is 3.76. The Balaban J connectivity index is 0. The van der Waals surface area contributed by atoms with E-state index in [0.717, 1.165) is 6.07 Å². The van der Waals surface area contributed by atoms with Crippen molar-refractivity contribution in [2.24, 2.45) is 0 Å². The predicted octanol–water partition coefficient (Wildman–Crippen LogP) is -0.911. The minimum Gasteiger partial charge on any atom is -1.00 e. The van der Waals surface area contributed by atoms with Crippen LogP contribution in [0.25, 0.3) is 4.98 Å². The first-order chi connectivity index (χ1) is 6.19. The van der Waals surface area contributed by atoms with Gasteiger partial charge in [0.2, 0.25) is 11.1 Å². The van der Waals surface area contributed by atoms with E-state index in [9.17, 15) is 10.1 Å². The predicted molar refractivity (Wildman–Crippen MR) is 44.4 cm³/mol. The Hall–Kier alpha value is -1.25. The van der Waals surface area contributed by atoms with Crippen molar-refractivity contribution in [3.05, 3.63) is 33.3 Å². The molecule has 8 heteroatoms. The van der Waals surface area contributed by atoms with Gasteiger partial charge in [-0.05, 0) is 6.07 Å². The first-order valence-electron chi connectivity index (χ1n) is 3.36. The molecule has 1 aromatic rings. The van der Waals surface area contributed by atoms with Crippen LogP contribution in [0.15, 0.2) is 18.2 Å². The van der Waals surface area contributed by atoms with Crippen molar-refractivity contribution in [3.8, 4) is 5.75 Å². The van der Waals surface area contributed by atoms with Crippen LogP contribution in [-0.2, 0) is 19.5 Å². The molecule has 0 atom stereocenters. The third-order valence-corrected chi connectivity index (χ3v) is 1.48. The number of methoxy groups -OCH3 is 1. The second-order valence-electron chi connectivity index (χ2n) is 2.21. The average molecular weight is 281 g/mol. The Kier molecular flexibility index (Phi) is 7.66. The number of nitro benzene ring substituents is 1. The molecule has 0 radical (unpaired) electrons. The van der Waals surface area contributed by atoms with E-state index in [1.807, 2.05) is 0 Å². The minimum absolute atomic E-state index is 0. The van der Waals surface area contributed by atoms with Gasteiger partial charge < -0.3 is 17.1 Å². The quantitative estimate of drug-likeness (QED) is 0.304. The molecule has 0 unspecified atom stereocenters. The SMILES string of the molecule is COc1ccc([N+](=O)[O-])cc1[N+]#N.[Cl-].[Zn]. The molecule has 0 N–H and O–H groups in total. The van der Waals surface area contributed by atoms with E-state index in [4.69, 9.17) is 10.1 Å². The molecule has 0 aliphatic rings. The van der Waals surface area contributed by atoms with Gasteiger partial charge in [-0.15, -0.1) is 0 Å². The van der Waals surface area contributed by atoms with Crippen LogP contribution in [0.1, 0.15) is 0 Å². The number of hydrogen-bond donors (Lipinski definition) is 0. The average Bonchev–Trinajstić information content (AvgIpc) is 2.16. The number of nitrogens with zero attached hydrogens (tertiary/aromatic N) is 3. The van der Waals surface area contributed by atoms with Crippen LogP contribution in [0.5, 0.6) is 5.75 Å². The summed E-state index contributed by atoms with van der Waals surface area (Å²) < 4.78 is 4.79. The normalized spacial score (nSPS) is 7.73. The van der Waals surface area contributed by atoms with Crippen molar-refractivity contribution < 1.29 is 41.5 Å². The Morgan fingerprint density at radius 3 is 2.53 bits per heavy atom. The zero-order valence-electron chi connectivity index (χ0n) is 7.88. The Labute approximate surface area is 105 Å². The van der Waals surface area contributed by atoms with Gasteiger partial charge in [-0.3, -0.25) is 10.1 Å². The third kappa shape index (κ3) is 3.78. The van der Waals surface area contributed by atoms with E-state index in [2.05, 4.69) is 4.98 Å². The summed E-state index contributed by atoms with van der Waals surface area (Å²) in [4.78, 5) is 12.6. The molecule has 0 aliphatic heterocycles. The van der Waals surface area contributed by atoms with Gasteiger partial charge in [0.15, 0.2) is 4.98 Å². The van der Waals surface area contributed by atoms with Crippen molar-refractivity contribution in [2.75, 3.05) is 7.11 Å². The number of nitro groups is 1. The number of ether oxygens (including phenoxy) is 1. The van der Waals surface area contributed by atoms with Gasteiger partial charge in [0.1, 0.15) is 6.07 Å². The van der Waals surface area contributed by atoms with Crippen LogP contribution in [0, 0.1) is 15.5 Å². The maximum absolute atomic E-state index is 10.3. The van der Waals surface area contributed by atoms with Crippen molar-refractivity contribution >= 4 is 11.4 Å². The number of hydrogen-bond acceptors (Lipinski definition) is 4. The molecular weight excluding hydrogens is 275 g/mol. The van der Waals surface area contributed by atoms with Crippen LogP contribution < -0.4 is 17.1 Å². The molecule has 0 aromatic heterocycles. The van der Waals surface area contributed by atoms with E-state index in [1.54, 1.807) is 0 Å². The Morgan fingerprint density at radius 1 is 1.53 bits per heavy atom. The zero-order chi connectivity index (χ0) is 9.84. The Morgan fingerprint density at radius 2 is 2.13 bits per heavy atom. The first-order valence-corrected chi connectivity index (χ1v) is 3.36. The van der Waals surface area contributed by atoms with E-state index in [1.165, 1.54) is 19.2 Å². The maximum atomic E-state index is 10.3. The minimum atomic E-state index is -0.575. The molecule has 0 bridgehead atoms. The fourth-order valence-electron chi connectivity index (χ4n) is 0.870. The molecule has 76 valence electrons. The first kappa shape index (κ1) is 16.2. The van der Waals surface area contributed by atoms with Crippen LogP contribution in [0.2, 0.25) is 0 Å². The number of non-ortho nitro benzene ring substituents is 1. The summed E-state index contributed by atoms with van der Waals surface area (Å²) in [5.41, 5.74) is -0.106. The van der Waals surface area contributed by atoms with Gasteiger partial charge in [-0.2, -0.15) is 0 Å². The molecule has 0 amide bonds. The molecular formula is C7H6ClN3O3Zn. The molecule has 1 aromatic carbocycles. The largest absolute Gasteiger partial charge is 1.00 e. The standard InChI is InChI=1S/C7H6N3O3.ClH.Zn/c1-13-7-3-2-5(10(11)12)4-6(7)9-8;;/h2-4H,1H3;1H;/q+1;;/p-1. The topological polar surface area (TPSA) is 80.5 Å². The van der Waals surface area contributed by atoms with Crippen LogP contribution in [0.4, 0.5) is 11.4 Å². The molecule has 0 heterocycles. The molecule has 1 rings (SSSR count). The number of benzene rings is 1. The van der Waals surface area contributed by atoms with Crippen molar-refractivity contribution in [1.29, 1.82) is 5.39 Å². The van der Waals surface area contributed by atoms with Crippen molar-refractivity contribution in [3.63, 3.8) is 0 Å². The summed E-state index contributed by atoms with van der Waals surface area (Å²) in [5.74, 6) is 0.285. The summed E-state index contributed by atoms with van der Waals surface area (Å²) in [5, 5.41) is 18.8. The van der Waals surface area contributed by atoms with Gasteiger partial charge in [0.05, 0.1) is 12.0 Å². The summed E-state index contributed by atoms with van der Waals surface area (Å²) in [6.45, 7) is 0. The van der Waals surface area contributed by atoms with Crippen molar-refractivity contribution in [1.82, 2.24) is 0 Å². The van der Waals surface area contributed by atoms with E-state index in [-0.39, 0.29) is 49.0 Å². The second-order valence-corrected chi connectivity index (χ2v) is 2.21. The zero-order valence-corrected chi connectivity index (χ0v) is 11.6. The number of rotatable bonds is 2. The van der Waals surface area contributed by atoms with Gasteiger partial charge in [0.25, 0.3) is 5.69 Å². The van der Waals surface area contributed by atoms with Crippen LogP contribution in [-0.4, -0.2) is 12.0 Å². The van der Waals surface area contributed by atoms with E-state index < -0.39 is 4.92 Å². The summed E-state index contributed by atoms with van der Waals surface area (Å²) in [6.07, 6.45) is 0. The Bertz CT molecular complexity index is 394. The molecule has 0 fully saturated rings. The van der Waals surface area contributed by atoms with Gasteiger partial charge in [-0.1, -0.05) is 0 Å². The van der Waals surface area contributed by atoms with E-state index in [0.29, 0.717) is 0 Å². The smallest absolute Gasteiger partial charge is 0.433 e. The number of diazo groups is 1. The van der Waals surface area contributed by atoms with Crippen LogP contribution in [0.3, 0.4) is 0 Å². The van der Waals surface area contributed by atoms with Gasteiger partial charge >= 0.3 is 5.69 Å². The monoisotopic (exact) mass is 279 g/mol. The molecule has 0 aliphatic carbocycles. The fourth-order valence-corrected chi connectivity index (χ4v) is 0.870. The molecule has 0 spiro atoms. The second kappa shape index (κ2) is 7.10. The molecule has 6 nitrogen and oxygen atoms in total. The third-order valence-electron chi connectivity index (χ3n) is 1.48. The van der Waals surface area contributed by atoms with Crippen molar-refractivity contribution in [2.45, 2.75) is 0 Å². The summed E-state index contributed by atoms with van der Waals surface area (Å²) in [7, 11) is 1.38.